The number of halogens is 2. The van der Waals surface area contributed by atoms with E-state index >= 15 is 0 Å². The first kappa shape index (κ1) is 16.6. The van der Waals surface area contributed by atoms with Gasteiger partial charge in [-0.1, -0.05) is 24.9 Å². The van der Waals surface area contributed by atoms with Crippen molar-refractivity contribution in [2.24, 2.45) is 5.41 Å². The number of nitrogens with one attached hydrogen (secondary N) is 1. The molecule has 0 saturated heterocycles. The fourth-order valence-electron chi connectivity index (χ4n) is 2.49. The van der Waals surface area contributed by atoms with Crippen LogP contribution in [0.4, 0.5) is 0 Å². The third-order valence-corrected chi connectivity index (χ3v) is 5.73. The lowest BCUT2D eigenvalue weighted by molar-refractivity contribution is 0.0890. The lowest BCUT2D eigenvalue weighted by atomic mass is 9.70. The molecule has 0 heterocycles. The molecule has 1 aromatic carbocycles. The Morgan fingerprint density at radius 3 is 2.48 bits per heavy atom. The number of benzene rings is 1. The molecule has 0 spiro atoms. The van der Waals surface area contributed by atoms with Crippen LogP contribution in [0.1, 0.15) is 42.1 Å². The lowest BCUT2D eigenvalue weighted by Crippen LogP contribution is -2.40. The highest BCUT2D eigenvalue weighted by molar-refractivity contribution is 8.13. The summed E-state index contributed by atoms with van der Waals surface area (Å²) < 4.78 is 23.1. The summed E-state index contributed by atoms with van der Waals surface area (Å²) in [6, 6.07) is 2.71. The first-order valence-corrected chi connectivity index (χ1v) is 9.34. The first-order chi connectivity index (χ1) is 9.62. The molecule has 7 heteroatoms. The molecule has 1 fully saturated rings. The van der Waals surface area contributed by atoms with Crippen LogP contribution in [0.15, 0.2) is 17.0 Å². The van der Waals surface area contributed by atoms with Crippen LogP contribution in [-0.4, -0.2) is 20.9 Å². The molecule has 1 aliphatic rings. The molecule has 1 saturated carbocycles. The highest BCUT2D eigenvalue weighted by Crippen LogP contribution is 2.39. The molecule has 1 amide bonds. The molecule has 0 bridgehead atoms. The summed E-state index contributed by atoms with van der Waals surface area (Å²) in [6.45, 7) is 4.24. The summed E-state index contributed by atoms with van der Waals surface area (Å²) in [5.41, 5.74) is 0.694. The number of rotatable bonds is 4. The Morgan fingerprint density at radius 2 is 2.00 bits per heavy atom. The Labute approximate surface area is 134 Å². The number of hydrogen-bond donors (Lipinski definition) is 1. The Bertz CT molecular complexity index is 682. The maximum Gasteiger partial charge on any atom is 0.261 e. The summed E-state index contributed by atoms with van der Waals surface area (Å²) in [6.07, 6.45) is 3.35. The number of carbonyl (C=O) groups excluding carboxylic acids is 1. The molecule has 116 valence electrons. The van der Waals surface area contributed by atoms with Gasteiger partial charge in [0.05, 0.1) is 4.90 Å². The Hall–Kier alpha value is -0.780. The van der Waals surface area contributed by atoms with Crippen LogP contribution in [0.25, 0.3) is 0 Å². The van der Waals surface area contributed by atoms with E-state index in [1.54, 1.807) is 6.92 Å². The van der Waals surface area contributed by atoms with Crippen LogP contribution < -0.4 is 5.32 Å². The van der Waals surface area contributed by atoms with Gasteiger partial charge < -0.3 is 5.32 Å². The topological polar surface area (TPSA) is 63.2 Å². The second-order valence-corrected chi connectivity index (χ2v) is 8.83. The van der Waals surface area contributed by atoms with Crippen molar-refractivity contribution in [1.29, 1.82) is 0 Å². The van der Waals surface area contributed by atoms with Crippen molar-refractivity contribution < 1.29 is 13.2 Å². The highest BCUT2D eigenvalue weighted by atomic mass is 35.7. The minimum atomic E-state index is -3.94. The average molecular weight is 350 g/mol. The van der Waals surface area contributed by atoms with E-state index in [0.717, 1.165) is 12.8 Å². The predicted molar refractivity (Wildman–Crippen MR) is 83.5 cm³/mol. The van der Waals surface area contributed by atoms with Gasteiger partial charge >= 0.3 is 0 Å². The van der Waals surface area contributed by atoms with Gasteiger partial charge in [0.1, 0.15) is 0 Å². The van der Waals surface area contributed by atoms with E-state index in [2.05, 4.69) is 12.2 Å². The van der Waals surface area contributed by atoms with E-state index in [4.69, 9.17) is 22.3 Å². The molecule has 0 aliphatic heterocycles. The van der Waals surface area contributed by atoms with Crippen molar-refractivity contribution in [2.75, 3.05) is 6.54 Å². The first-order valence-electron chi connectivity index (χ1n) is 6.65. The molecule has 0 aromatic heterocycles. The second kappa shape index (κ2) is 5.78. The van der Waals surface area contributed by atoms with Crippen LogP contribution in [0.3, 0.4) is 0 Å². The zero-order valence-corrected chi connectivity index (χ0v) is 14.2. The molecule has 21 heavy (non-hydrogen) atoms. The van der Waals surface area contributed by atoms with Gasteiger partial charge in [0, 0.05) is 27.8 Å². The Morgan fingerprint density at radius 1 is 1.38 bits per heavy atom. The molecular weight excluding hydrogens is 333 g/mol. The standard InChI is InChI=1S/C14H17Cl2NO3S/c1-9-11(6-10(15)7-12(9)21(16,19)20)13(18)17-8-14(2)4-3-5-14/h6-7H,3-5,8H2,1-2H3,(H,17,18). The van der Waals surface area contributed by atoms with Gasteiger partial charge in [-0.3, -0.25) is 4.79 Å². The van der Waals surface area contributed by atoms with Gasteiger partial charge in [-0.15, -0.1) is 0 Å². The zero-order chi connectivity index (χ0) is 15.8. The molecule has 1 aromatic rings. The normalized spacial score (nSPS) is 17.1. The smallest absolute Gasteiger partial charge is 0.261 e. The van der Waals surface area contributed by atoms with E-state index in [1.807, 2.05) is 0 Å². The van der Waals surface area contributed by atoms with Gasteiger partial charge in [-0.2, -0.15) is 0 Å². The Kier molecular flexibility index (Phi) is 4.57. The summed E-state index contributed by atoms with van der Waals surface area (Å²) in [5, 5.41) is 3.02. The van der Waals surface area contributed by atoms with Crippen LogP contribution in [0, 0.1) is 12.3 Å². The monoisotopic (exact) mass is 349 g/mol. The van der Waals surface area contributed by atoms with E-state index in [1.165, 1.54) is 18.6 Å². The number of hydrogen-bond acceptors (Lipinski definition) is 3. The van der Waals surface area contributed by atoms with E-state index in [-0.39, 0.29) is 26.8 Å². The zero-order valence-electron chi connectivity index (χ0n) is 11.9. The van der Waals surface area contributed by atoms with E-state index in [0.29, 0.717) is 12.1 Å². The minimum Gasteiger partial charge on any atom is -0.351 e. The van der Waals surface area contributed by atoms with Crippen LogP contribution in [-0.2, 0) is 9.05 Å². The molecule has 1 N–H and O–H groups in total. The lowest BCUT2D eigenvalue weighted by Gasteiger charge is -2.38. The van der Waals surface area contributed by atoms with E-state index < -0.39 is 9.05 Å². The number of carbonyl (C=O) groups is 1. The summed E-state index contributed by atoms with van der Waals surface area (Å²) in [4.78, 5) is 12.1. The molecule has 0 atom stereocenters. The number of amides is 1. The van der Waals surface area contributed by atoms with Crippen LogP contribution in [0.5, 0.6) is 0 Å². The van der Waals surface area contributed by atoms with Crippen LogP contribution in [0.2, 0.25) is 5.02 Å². The quantitative estimate of drug-likeness (QED) is 0.846. The van der Waals surface area contributed by atoms with Crippen molar-refractivity contribution in [3.05, 3.63) is 28.3 Å². The molecule has 1 aliphatic carbocycles. The molecular formula is C14H17Cl2NO3S. The summed E-state index contributed by atoms with van der Waals surface area (Å²) >= 11 is 5.90. The van der Waals surface area contributed by atoms with Crippen LogP contribution >= 0.6 is 22.3 Å². The summed E-state index contributed by atoms with van der Waals surface area (Å²) in [5.74, 6) is -0.329. The van der Waals surface area contributed by atoms with E-state index in [9.17, 15) is 13.2 Å². The van der Waals surface area contributed by atoms with Crippen molar-refractivity contribution in [2.45, 2.75) is 38.0 Å². The maximum atomic E-state index is 12.3. The second-order valence-electron chi connectivity index (χ2n) is 5.86. The van der Waals surface area contributed by atoms with Gasteiger partial charge in [0.25, 0.3) is 15.0 Å². The molecule has 0 radical (unpaired) electrons. The highest BCUT2D eigenvalue weighted by Gasteiger charge is 2.32. The molecule has 0 unspecified atom stereocenters. The van der Waals surface area contributed by atoms with Crippen molar-refractivity contribution in [1.82, 2.24) is 5.32 Å². The predicted octanol–water partition coefficient (Wildman–Crippen LogP) is 3.50. The third kappa shape index (κ3) is 3.71. The van der Waals surface area contributed by atoms with Gasteiger partial charge in [-0.25, -0.2) is 8.42 Å². The fraction of sp³-hybridized carbons (Fsp3) is 0.500. The third-order valence-electron chi connectivity index (χ3n) is 4.07. The summed E-state index contributed by atoms with van der Waals surface area (Å²) in [7, 11) is 1.43. The van der Waals surface area contributed by atoms with Crippen molar-refractivity contribution in [3.8, 4) is 0 Å². The molecule has 4 nitrogen and oxygen atoms in total. The van der Waals surface area contributed by atoms with Gasteiger partial charge in [0.15, 0.2) is 0 Å². The SMILES string of the molecule is Cc1c(C(=O)NCC2(C)CCC2)cc(Cl)cc1S(=O)(=O)Cl. The Balaban J connectivity index is 2.26. The van der Waals surface area contributed by atoms with Gasteiger partial charge in [0.2, 0.25) is 0 Å². The maximum absolute atomic E-state index is 12.3. The average Bonchev–Trinajstić information content (AvgIpc) is 2.34. The minimum absolute atomic E-state index is 0.128. The fourth-order valence-corrected chi connectivity index (χ4v) is 4.00. The van der Waals surface area contributed by atoms with Crippen molar-refractivity contribution in [3.63, 3.8) is 0 Å². The molecule has 2 rings (SSSR count). The van der Waals surface area contributed by atoms with Crippen molar-refractivity contribution >= 4 is 37.2 Å². The largest absolute Gasteiger partial charge is 0.351 e. The van der Waals surface area contributed by atoms with Gasteiger partial charge in [-0.05, 0) is 42.9 Å².